The van der Waals surface area contributed by atoms with Crippen molar-refractivity contribution in [2.75, 3.05) is 16.2 Å². The topological polar surface area (TPSA) is 49.4 Å². The summed E-state index contributed by atoms with van der Waals surface area (Å²) >= 11 is 11.9. The van der Waals surface area contributed by atoms with Gasteiger partial charge < -0.3 is 5.32 Å². The van der Waals surface area contributed by atoms with E-state index in [0.717, 1.165) is 5.69 Å². The maximum Gasteiger partial charge on any atom is 0.264 e. The molecule has 3 rings (SSSR count). The van der Waals surface area contributed by atoms with Crippen LogP contribution in [0.5, 0.6) is 0 Å². The highest BCUT2D eigenvalue weighted by molar-refractivity contribution is 7.92. The molecular formula is C16H16Cl2N2O2S. The van der Waals surface area contributed by atoms with Crippen molar-refractivity contribution in [1.82, 2.24) is 0 Å². The summed E-state index contributed by atoms with van der Waals surface area (Å²) in [6.45, 7) is 4.23. The number of rotatable bonds is 2. The lowest BCUT2D eigenvalue weighted by Gasteiger charge is -2.41. The smallest absolute Gasteiger partial charge is 0.264 e. The molecule has 0 aliphatic carbocycles. The van der Waals surface area contributed by atoms with Crippen LogP contribution in [0.4, 0.5) is 11.4 Å². The van der Waals surface area contributed by atoms with Crippen LogP contribution in [0.15, 0.2) is 47.4 Å². The molecule has 0 atom stereocenters. The third kappa shape index (κ3) is 3.01. The van der Waals surface area contributed by atoms with E-state index in [9.17, 15) is 8.42 Å². The fourth-order valence-corrected chi connectivity index (χ4v) is 4.66. The first-order chi connectivity index (χ1) is 10.7. The van der Waals surface area contributed by atoms with Crippen LogP contribution in [-0.4, -0.2) is 20.5 Å². The van der Waals surface area contributed by atoms with Crippen molar-refractivity contribution in [2.45, 2.75) is 24.3 Å². The van der Waals surface area contributed by atoms with Crippen molar-refractivity contribution in [1.29, 1.82) is 0 Å². The quantitative estimate of drug-likeness (QED) is 0.852. The fraction of sp³-hybridized carbons (Fsp3) is 0.250. The number of halogens is 2. The van der Waals surface area contributed by atoms with E-state index >= 15 is 0 Å². The molecule has 0 amide bonds. The molecule has 2 aromatic rings. The first-order valence-electron chi connectivity index (χ1n) is 7.06. The predicted octanol–water partition coefficient (Wildman–Crippen LogP) is 4.39. The summed E-state index contributed by atoms with van der Waals surface area (Å²) in [5.74, 6) is 0. The molecule has 0 aromatic heterocycles. The lowest BCUT2D eigenvalue weighted by molar-refractivity contribution is 0.543. The van der Waals surface area contributed by atoms with Gasteiger partial charge in [-0.25, -0.2) is 8.42 Å². The number of anilines is 2. The normalized spacial score (nSPS) is 16.6. The molecule has 0 saturated heterocycles. The Labute approximate surface area is 146 Å². The van der Waals surface area contributed by atoms with Crippen LogP contribution >= 0.6 is 23.2 Å². The summed E-state index contributed by atoms with van der Waals surface area (Å²) in [4.78, 5) is 0.124. The zero-order valence-electron chi connectivity index (χ0n) is 12.7. The second-order valence-corrected chi connectivity index (χ2v) is 8.79. The maximum atomic E-state index is 13.1. The molecule has 1 aliphatic heterocycles. The van der Waals surface area contributed by atoms with Crippen molar-refractivity contribution >= 4 is 44.6 Å². The van der Waals surface area contributed by atoms with Gasteiger partial charge in [0.1, 0.15) is 0 Å². The summed E-state index contributed by atoms with van der Waals surface area (Å²) in [7, 11) is -3.74. The zero-order chi connectivity index (χ0) is 16.8. The summed E-state index contributed by atoms with van der Waals surface area (Å²) in [6, 6.07) is 11.7. The molecule has 122 valence electrons. The number of benzene rings is 2. The van der Waals surface area contributed by atoms with Crippen LogP contribution < -0.4 is 9.62 Å². The lowest BCUT2D eigenvalue weighted by Crippen LogP contribution is -2.50. The predicted molar refractivity (Wildman–Crippen MR) is 95.1 cm³/mol. The van der Waals surface area contributed by atoms with Crippen molar-refractivity contribution in [3.05, 3.63) is 52.5 Å². The molecule has 2 aromatic carbocycles. The fourth-order valence-electron chi connectivity index (χ4n) is 2.62. The number of nitrogens with zero attached hydrogens (tertiary/aromatic N) is 1. The van der Waals surface area contributed by atoms with Crippen LogP contribution in [-0.2, 0) is 10.0 Å². The third-order valence-electron chi connectivity index (χ3n) is 3.66. The average Bonchev–Trinajstić information content (AvgIpc) is 2.48. The van der Waals surface area contributed by atoms with Crippen LogP contribution in [0.2, 0.25) is 10.0 Å². The number of sulfonamides is 1. The summed E-state index contributed by atoms with van der Waals surface area (Å²) in [5.41, 5.74) is 1.02. The molecule has 0 saturated carbocycles. The second kappa shape index (κ2) is 5.58. The first-order valence-corrected chi connectivity index (χ1v) is 9.25. The Morgan fingerprint density at radius 2 is 1.78 bits per heavy atom. The van der Waals surface area contributed by atoms with Gasteiger partial charge >= 0.3 is 0 Å². The molecule has 0 unspecified atom stereocenters. The standard InChI is InChI=1S/C16H16Cl2N2O2S/c1-16(2)10-20(15-6-4-3-5-14(15)19-16)23(21,22)11-7-8-12(17)13(18)9-11/h3-9,19H,10H2,1-2H3. The van der Waals surface area contributed by atoms with E-state index in [4.69, 9.17) is 23.2 Å². The van der Waals surface area contributed by atoms with Crippen molar-refractivity contribution in [3.8, 4) is 0 Å². The van der Waals surface area contributed by atoms with E-state index in [1.807, 2.05) is 32.0 Å². The SMILES string of the molecule is CC1(C)CN(S(=O)(=O)c2ccc(Cl)c(Cl)c2)c2ccccc2N1. The molecule has 0 spiro atoms. The number of hydrogen-bond acceptors (Lipinski definition) is 3. The molecular weight excluding hydrogens is 355 g/mol. The van der Waals surface area contributed by atoms with Crippen LogP contribution in [0, 0.1) is 0 Å². The van der Waals surface area contributed by atoms with Crippen LogP contribution in [0.25, 0.3) is 0 Å². The Kier molecular flexibility index (Phi) is 3.99. The molecule has 4 nitrogen and oxygen atoms in total. The molecule has 1 aliphatic rings. The molecule has 7 heteroatoms. The third-order valence-corrected chi connectivity index (χ3v) is 6.16. The number of fused-ring (bicyclic) bond motifs is 1. The first kappa shape index (κ1) is 16.4. The lowest BCUT2D eigenvalue weighted by atomic mass is 10.0. The van der Waals surface area contributed by atoms with Gasteiger partial charge in [-0.2, -0.15) is 0 Å². The highest BCUT2D eigenvalue weighted by Gasteiger charge is 2.36. The van der Waals surface area contributed by atoms with E-state index < -0.39 is 15.6 Å². The van der Waals surface area contributed by atoms with Gasteiger partial charge in [0, 0.05) is 0 Å². The maximum absolute atomic E-state index is 13.1. The van der Waals surface area contributed by atoms with Gasteiger partial charge in [0.15, 0.2) is 0 Å². The van der Waals surface area contributed by atoms with Gasteiger partial charge in [-0.05, 0) is 44.2 Å². The van der Waals surface area contributed by atoms with E-state index in [-0.39, 0.29) is 9.92 Å². The minimum absolute atomic E-state index is 0.124. The monoisotopic (exact) mass is 370 g/mol. The van der Waals surface area contributed by atoms with Gasteiger partial charge in [0.25, 0.3) is 10.0 Å². The highest BCUT2D eigenvalue weighted by Crippen LogP contribution is 2.38. The number of nitrogens with one attached hydrogen (secondary N) is 1. The number of para-hydroxylation sites is 2. The molecule has 0 radical (unpaired) electrons. The minimum atomic E-state index is -3.74. The summed E-state index contributed by atoms with van der Waals surface area (Å²) < 4.78 is 27.6. The minimum Gasteiger partial charge on any atom is -0.377 e. The van der Waals surface area contributed by atoms with Gasteiger partial charge in [0.05, 0.1) is 38.4 Å². The highest BCUT2D eigenvalue weighted by atomic mass is 35.5. The van der Waals surface area contributed by atoms with Crippen LogP contribution in [0.1, 0.15) is 13.8 Å². The molecule has 1 heterocycles. The Morgan fingerprint density at radius 3 is 2.48 bits per heavy atom. The van der Waals surface area contributed by atoms with Gasteiger partial charge in [-0.3, -0.25) is 4.31 Å². The Balaban J connectivity index is 2.14. The Morgan fingerprint density at radius 1 is 1.09 bits per heavy atom. The molecule has 23 heavy (non-hydrogen) atoms. The van der Waals surface area contributed by atoms with E-state index in [1.54, 1.807) is 6.07 Å². The van der Waals surface area contributed by atoms with Crippen molar-refractivity contribution < 1.29 is 8.42 Å². The molecule has 0 fully saturated rings. The van der Waals surface area contributed by atoms with E-state index in [2.05, 4.69) is 5.32 Å². The van der Waals surface area contributed by atoms with Gasteiger partial charge in [0.2, 0.25) is 0 Å². The van der Waals surface area contributed by atoms with Crippen LogP contribution in [0.3, 0.4) is 0 Å². The van der Waals surface area contributed by atoms with E-state index in [1.165, 1.54) is 22.5 Å². The largest absolute Gasteiger partial charge is 0.377 e. The van der Waals surface area contributed by atoms with Gasteiger partial charge in [-0.1, -0.05) is 35.3 Å². The average molecular weight is 371 g/mol. The van der Waals surface area contributed by atoms with Crippen molar-refractivity contribution in [3.63, 3.8) is 0 Å². The zero-order valence-corrected chi connectivity index (χ0v) is 15.0. The Bertz CT molecular complexity index is 866. The molecule has 0 bridgehead atoms. The van der Waals surface area contributed by atoms with E-state index in [0.29, 0.717) is 17.3 Å². The van der Waals surface area contributed by atoms with Gasteiger partial charge in [-0.15, -0.1) is 0 Å². The summed E-state index contributed by atoms with van der Waals surface area (Å²) in [6.07, 6.45) is 0. The summed E-state index contributed by atoms with van der Waals surface area (Å²) in [5, 5.41) is 3.90. The Hall–Kier alpha value is -1.43. The molecule has 1 N–H and O–H groups in total. The second-order valence-electron chi connectivity index (χ2n) is 6.11. The van der Waals surface area contributed by atoms with Crippen molar-refractivity contribution in [2.24, 2.45) is 0 Å². The number of hydrogen-bond donors (Lipinski definition) is 1.